The minimum atomic E-state index is 0.714. The summed E-state index contributed by atoms with van der Waals surface area (Å²) in [5.41, 5.74) is 5.51. The smallest absolute Gasteiger partial charge is 0.0992 e. The second-order valence-electron chi connectivity index (χ2n) is 8.62. The highest BCUT2D eigenvalue weighted by molar-refractivity contribution is 5.60. The van der Waals surface area contributed by atoms with Gasteiger partial charge in [0.2, 0.25) is 0 Å². The molecule has 4 aliphatic rings. The van der Waals surface area contributed by atoms with E-state index in [-0.39, 0.29) is 0 Å². The third-order valence-corrected chi connectivity index (χ3v) is 7.76. The maximum atomic E-state index is 4.42. The van der Waals surface area contributed by atoms with Crippen molar-refractivity contribution in [3.63, 3.8) is 0 Å². The predicted molar refractivity (Wildman–Crippen MR) is 87.0 cm³/mol. The van der Waals surface area contributed by atoms with Gasteiger partial charge >= 0.3 is 0 Å². The first kappa shape index (κ1) is 12.2. The van der Waals surface area contributed by atoms with Crippen molar-refractivity contribution in [3.05, 3.63) is 35.9 Å². The maximum absolute atomic E-state index is 4.42. The van der Waals surface area contributed by atoms with Crippen molar-refractivity contribution >= 4 is 5.52 Å². The van der Waals surface area contributed by atoms with Crippen LogP contribution in [0.3, 0.4) is 0 Å². The van der Waals surface area contributed by atoms with Crippen molar-refractivity contribution in [1.82, 2.24) is 9.38 Å². The molecule has 2 heterocycles. The van der Waals surface area contributed by atoms with Gasteiger partial charge in [-0.15, -0.1) is 0 Å². The quantitative estimate of drug-likeness (QED) is 0.798. The monoisotopic (exact) mass is 292 g/mol. The van der Waals surface area contributed by atoms with E-state index < -0.39 is 0 Å². The molecule has 0 aromatic carbocycles. The molecule has 0 N–H and O–H groups in total. The Morgan fingerprint density at radius 2 is 2.14 bits per heavy atom. The number of aromatic nitrogens is 2. The van der Waals surface area contributed by atoms with Crippen LogP contribution in [0, 0.1) is 23.2 Å². The zero-order valence-electron chi connectivity index (χ0n) is 13.3. The summed E-state index contributed by atoms with van der Waals surface area (Å²) in [4.78, 5) is 4.42. The number of imidazole rings is 1. The zero-order valence-corrected chi connectivity index (χ0v) is 13.3. The zero-order chi connectivity index (χ0) is 14.5. The Hall–Kier alpha value is -1.31. The minimum absolute atomic E-state index is 0.714. The number of hydrogen-bond acceptors (Lipinski definition) is 1. The molecule has 2 heteroatoms. The van der Waals surface area contributed by atoms with E-state index in [1.54, 1.807) is 17.5 Å². The fourth-order valence-electron chi connectivity index (χ4n) is 6.39. The summed E-state index contributed by atoms with van der Waals surface area (Å²) < 4.78 is 2.24. The van der Waals surface area contributed by atoms with Crippen molar-refractivity contribution in [3.8, 4) is 0 Å². The minimum Gasteiger partial charge on any atom is -0.306 e. The molecule has 0 saturated heterocycles. The van der Waals surface area contributed by atoms with E-state index in [0.717, 1.165) is 29.1 Å². The molecule has 0 bridgehead atoms. The number of rotatable bonds is 3. The molecule has 2 aromatic heterocycles. The van der Waals surface area contributed by atoms with Crippen molar-refractivity contribution in [1.29, 1.82) is 0 Å². The molecule has 114 valence electrons. The molecule has 5 atom stereocenters. The summed E-state index contributed by atoms with van der Waals surface area (Å²) in [5, 5.41) is 0. The molecule has 0 amide bonds. The standard InChI is InChI=1S/C20H24N2/c1-12(16-9-20-8-14(20)4-5-17(16)20)19-15(13-2-3-13)6-7-22-11-21-10-18(19)22/h6-7,10-14,16-17H,2-5,8-9H2,1H3. The van der Waals surface area contributed by atoms with Crippen LogP contribution in [-0.4, -0.2) is 9.38 Å². The molecule has 4 saturated carbocycles. The van der Waals surface area contributed by atoms with Gasteiger partial charge in [-0.25, -0.2) is 4.98 Å². The second kappa shape index (κ2) is 3.77. The van der Waals surface area contributed by atoms with Gasteiger partial charge in [-0.05, 0) is 90.7 Å². The van der Waals surface area contributed by atoms with Gasteiger partial charge in [-0.1, -0.05) is 6.92 Å². The highest BCUT2D eigenvalue weighted by atomic mass is 15.0. The average Bonchev–Trinajstić information content (AvgIpc) is 3.40. The molecular weight excluding hydrogens is 268 g/mol. The highest BCUT2D eigenvalue weighted by Crippen LogP contribution is 2.79. The summed E-state index contributed by atoms with van der Waals surface area (Å²) in [6, 6.07) is 2.39. The first-order chi connectivity index (χ1) is 10.8. The van der Waals surface area contributed by atoms with Crippen molar-refractivity contribution in [2.45, 2.75) is 57.3 Å². The number of fused-ring (bicyclic) bond motifs is 1. The van der Waals surface area contributed by atoms with Crippen molar-refractivity contribution in [2.75, 3.05) is 0 Å². The van der Waals surface area contributed by atoms with Crippen LogP contribution in [0.5, 0.6) is 0 Å². The summed E-state index contributed by atoms with van der Waals surface area (Å²) >= 11 is 0. The molecule has 22 heavy (non-hydrogen) atoms. The van der Waals surface area contributed by atoms with Crippen LogP contribution in [0.4, 0.5) is 0 Å². The average molecular weight is 292 g/mol. The van der Waals surface area contributed by atoms with Gasteiger partial charge in [0.25, 0.3) is 0 Å². The first-order valence-corrected chi connectivity index (χ1v) is 9.22. The molecule has 2 aromatic rings. The highest BCUT2D eigenvalue weighted by Gasteiger charge is 2.71. The summed E-state index contributed by atoms with van der Waals surface area (Å²) in [6.07, 6.45) is 15.2. The molecule has 4 aliphatic carbocycles. The summed E-state index contributed by atoms with van der Waals surface area (Å²) in [5.74, 6) is 4.65. The van der Waals surface area contributed by atoms with Crippen LogP contribution < -0.4 is 0 Å². The first-order valence-electron chi connectivity index (χ1n) is 9.22. The molecule has 0 radical (unpaired) electrons. The van der Waals surface area contributed by atoms with E-state index in [1.165, 1.54) is 37.6 Å². The van der Waals surface area contributed by atoms with E-state index in [2.05, 4.69) is 34.8 Å². The molecule has 5 unspecified atom stereocenters. The lowest BCUT2D eigenvalue weighted by molar-refractivity contribution is 0.0423. The van der Waals surface area contributed by atoms with Gasteiger partial charge < -0.3 is 4.40 Å². The molecule has 0 aliphatic heterocycles. The van der Waals surface area contributed by atoms with E-state index in [0.29, 0.717) is 5.92 Å². The van der Waals surface area contributed by atoms with Crippen molar-refractivity contribution in [2.24, 2.45) is 23.2 Å². The SMILES string of the molecule is CC(c1c(C2CC2)ccn2cncc12)C1CC23CC2CCC13. The third-order valence-electron chi connectivity index (χ3n) is 7.76. The second-order valence-corrected chi connectivity index (χ2v) is 8.62. The Morgan fingerprint density at radius 3 is 2.91 bits per heavy atom. The normalized spacial score (nSPS) is 40.1. The predicted octanol–water partition coefficient (Wildman–Crippen LogP) is 4.75. The van der Waals surface area contributed by atoms with E-state index in [1.807, 2.05) is 6.33 Å². The maximum Gasteiger partial charge on any atom is 0.0992 e. The Balaban J connectivity index is 1.44. The Bertz CT molecular complexity index is 769. The lowest BCUT2D eigenvalue weighted by Gasteiger charge is -2.48. The van der Waals surface area contributed by atoms with E-state index >= 15 is 0 Å². The van der Waals surface area contributed by atoms with Gasteiger partial charge in [0.1, 0.15) is 0 Å². The van der Waals surface area contributed by atoms with Crippen LogP contribution in [0.2, 0.25) is 0 Å². The summed E-state index contributed by atoms with van der Waals surface area (Å²) in [6.45, 7) is 2.52. The van der Waals surface area contributed by atoms with E-state index in [9.17, 15) is 0 Å². The molecular formula is C20H24N2. The van der Waals surface area contributed by atoms with Crippen LogP contribution in [-0.2, 0) is 0 Å². The molecule has 6 rings (SSSR count). The fraction of sp³-hybridized carbons (Fsp3) is 0.650. The number of nitrogens with zero attached hydrogens (tertiary/aromatic N) is 2. The topological polar surface area (TPSA) is 17.3 Å². The third kappa shape index (κ3) is 1.36. The fourth-order valence-corrected chi connectivity index (χ4v) is 6.39. The molecule has 4 fully saturated rings. The Labute approximate surface area is 131 Å². The Morgan fingerprint density at radius 1 is 1.23 bits per heavy atom. The lowest BCUT2D eigenvalue weighted by atomic mass is 9.57. The number of hydrogen-bond donors (Lipinski definition) is 0. The molecule has 2 nitrogen and oxygen atoms in total. The van der Waals surface area contributed by atoms with Crippen LogP contribution in [0.25, 0.3) is 5.52 Å². The van der Waals surface area contributed by atoms with Crippen LogP contribution in [0.15, 0.2) is 24.8 Å². The van der Waals surface area contributed by atoms with Gasteiger partial charge in [-0.3, -0.25) is 0 Å². The molecule has 1 spiro atoms. The Kier molecular flexibility index (Phi) is 2.09. The van der Waals surface area contributed by atoms with E-state index in [4.69, 9.17) is 0 Å². The largest absolute Gasteiger partial charge is 0.306 e. The summed E-state index contributed by atoms with van der Waals surface area (Å²) in [7, 11) is 0. The van der Waals surface area contributed by atoms with Crippen LogP contribution >= 0.6 is 0 Å². The van der Waals surface area contributed by atoms with Crippen molar-refractivity contribution < 1.29 is 0 Å². The van der Waals surface area contributed by atoms with Crippen LogP contribution in [0.1, 0.15) is 68.4 Å². The lowest BCUT2D eigenvalue weighted by Crippen LogP contribution is -2.40. The van der Waals surface area contributed by atoms with Gasteiger partial charge in [-0.2, -0.15) is 0 Å². The van der Waals surface area contributed by atoms with Gasteiger partial charge in [0.15, 0.2) is 0 Å². The van der Waals surface area contributed by atoms with Gasteiger partial charge in [0.05, 0.1) is 18.0 Å². The van der Waals surface area contributed by atoms with Gasteiger partial charge in [0, 0.05) is 6.20 Å². The number of pyridine rings is 1.